The molecule has 6 rings (SSSR count). The van der Waals surface area contributed by atoms with Crippen molar-refractivity contribution in [1.82, 2.24) is 32.9 Å². The third kappa shape index (κ3) is 55.3. The Labute approximate surface area is 561 Å². The van der Waals surface area contributed by atoms with Crippen LogP contribution in [0, 0.1) is 77.2 Å². The standard InChI is InChI=1S/6C7H6NO3.3CH4O.3Bi.3NO3.3H2O/c6*9-6-4-2-1-3-5(6)7(10)8-11;3*1-2;;;;3*2-1(3)4;;;/h6*1-4H,(H2-,8,9,10,11);3*2H,1H3;;;;;;;3*1H2/q6*-1;;;;3*+3;3*-1;;;. The van der Waals surface area contributed by atoms with Gasteiger partial charge in [0.15, 0.2) is 0 Å². The molecule has 6 radical (unpaired) electrons. The Morgan fingerprint density at radius 1 is 0.267 bits per heavy atom. The van der Waals surface area contributed by atoms with Gasteiger partial charge >= 0.3 is 78.6 Å². The van der Waals surface area contributed by atoms with Gasteiger partial charge in [-0.2, -0.15) is 0 Å². The molecule has 6 amide bonds. The molecule has 0 heterocycles. The molecule has 0 spiro atoms. The molecular formula is C45H54Bi3N9O33. The van der Waals surface area contributed by atoms with Gasteiger partial charge in [0.1, 0.15) is 34.5 Å². The zero-order valence-electron chi connectivity index (χ0n) is 45.6. The quantitative estimate of drug-likeness (QED) is 0.0497. The van der Waals surface area contributed by atoms with Crippen molar-refractivity contribution in [3.63, 3.8) is 0 Å². The molecule has 0 saturated carbocycles. The number of aliphatic hydroxyl groups is 3. The fraction of sp³-hybridized carbons (Fsp3) is 0.0667. The van der Waals surface area contributed by atoms with Gasteiger partial charge in [0.2, 0.25) is 35.4 Å². The van der Waals surface area contributed by atoms with Crippen molar-refractivity contribution in [3.8, 4) is 34.5 Å². The summed E-state index contributed by atoms with van der Waals surface area (Å²) in [5.74, 6) is -6.14. The predicted molar refractivity (Wildman–Crippen MR) is 317 cm³/mol. The van der Waals surface area contributed by atoms with Crippen LogP contribution in [-0.2, 0) is 0 Å². The first-order valence-electron chi connectivity index (χ1n) is 20.7. The first-order valence-corrected chi connectivity index (χ1v) is 20.7. The molecule has 0 aliphatic heterocycles. The number of nitrogens with one attached hydrogen (secondary N) is 6. The Morgan fingerprint density at radius 3 is 0.411 bits per heavy atom. The molecule has 0 aromatic heterocycles. The van der Waals surface area contributed by atoms with Crippen molar-refractivity contribution >= 4 is 114 Å². The molecule has 0 saturated heterocycles. The first kappa shape index (κ1) is 109. The molecule has 21 N–H and O–H groups in total. The minimum Gasteiger partial charge on any atom is -0.759 e. The number of hydroxylamine groups is 6. The third-order valence-corrected chi connectivity index (χ3v) is 7.45. The number of hydrogen-bond acceptors (Lipinski definition) is 30. The van der Waals surface area contributed by atoms with Crippen LogP contribution in [0.25, 0.3) is 0 Å². The molecule has 492 valence electrons. The summed E-state index contributed by atoms with van der Waals surface area (Å²) in [5, 5.41) is 179. The van der Waals surface area contributed by atoms with Crippen molar-refractivity contribution in [2.75, 3.05) is 21.3 Å². The largest absolute Gasteiger partial charge is 3.00 e. The molecule has 42 nitrogen and oxygen atoms in total. The molecule has 0 bridgehead atoms. The number of carbonyl (C=O) groups is 6. The zero-order valence-corrected chi connectivity index (χ0v) is 56.1. The van der Waals surface area contributed by atoms with Crippen molar-refractivity contribution in [2.24, 2.45) is 0 Å². The number of phenols is 6. The Balaban J connectivity index is -0.0000000760. The van der Waals surface area contributed by atoms with Crippen LogP contribution >= 0.6 is 0 Å². The van der Waals surface area contributed by atoms with E-state index in [0.29, 0.717) is 0 Å². The van der Waals surface area contributed by atoms with Crippen LogP contribution in [0.3, 0.4) is 0 Å². The monoisotopic (exact) mass is 1880 g/mol. The molecule has 0 aliphatic carbocycles. The maximum absolute atomic E-state index is 10.7. The number of para-hydroxylation sites is 6. The van der Waals surface area contributed by atoms with Crippen LogP contribution in [0.4, 0.5) is 0 Å². The second kappa shape index (κ2) is 70.5. The van der Waals surface area contributed by atoms with Gasteiger partial charge in [-0.25, -0.2) is 0 Å². The van der Waals surface area contributed by atoms with Crippen LogP contribution in [0.2, 0.25) is 0 Å². The zero-order chi connectivity index (χ0) is 66.3. The number of rotatable bonds is 6. The normalized spacial score (nSPS) is 7.73. The van der Waals surface area contributed by atoms with E-state index in [9.17, 15) is 60.0 Å². The Hall–Kier alpha value is -9.29. The van der Waals surface area contributed by atoms with Gasteiger partial charge in [0, 0.05) is 21.3 Å². The summed E-state index contributed by atoms with van der Waals surface area (Å²) in [6.07, 6.45) is 0. The molecule has 0 fully saturated rings. The summed E-state index contributed by atoms with van der Waals surface area (Å²) in [4.78, 5) is 88.7. The first-order chi connectivity index (χ1) is 39.7. The molecule has 6 aromatic rings. The van der Waals surface area contributed by atoms with Gasteiger partial charge in [-0.3, -0.25) is 28.8 Å². The number of amides is 6. The summed E-state index contributed by atoms with van der Waals surface area (Å²) < 4.78 is 0. The summed E-state index contributed by atoms with van der Waals surface area (Å²) >= 11 is 0. The van der Waals surface area contributed by atoms with E-state index in [-0.39, 0.29) is 163 Å². The van der Waals surface area contributed by atoms with E-state index in [2.05, 4.69) is 0 Å². The minimum absolute atomic E-state index is 0. The second-order valence-corrected chi connectivity index (χ2v) is 12.4. The number of benzene rings is 6. The van der Waals surface area contributed by atoms with Crippen molar-refractivity contribution in [3.05, 3.63) is 256 Å². The molecule has 0 aliphatic rings. The maximum Gasteiger partial charge on any atom is 3.00 e. The molecule has 0 atom stereocenters. The van der Waals surface area contributed by atoms with Crippen LogP contribution in [-0.4, -0.2) is 213 Å². The average molecular weight is 1880 g/mol. The van der Waals surface area contributed by atoms with Crippen LogP contribution in [0.5, 0.6) is 34.5 Å². The van der Waals surface area contributed by atoms with Crippen molar-refractivity contribution in [2.45, 2.75) is 0 Å². The van der Waals surface area contributed by atoms with Crippen LogP contribution < -0.4 is 32.9 Å². The predicted octanol–water partition coefficient (Wildman–Crippen LogP) is -1.79. The molecule has 90 heavy (non-hydrogen) atoms. The van der Waals surface area contributed by atoms with Gasteiger partial charge in [0.25, 0.3) is 0 Å². The van der Waals surface area contributed by atoms with E-state index in [1.807, 2.05) is 0 Å². The third-order valence-electron chi connectivity index (χ3n) is 7.45. The Kier molecular flexibility index (Phi) is 85.1. The Morgan fingerprint density at radius 2 is 0.344 bits per heavy atom. The molecular weight excluding hydrogens is 1820 g/mol. The summed E-state index contributed by atoms with van der Waals surface area (Å²) in [6.45, 7) is 0. The van der Waals surface area contributed by atoms with Crippen molar-refractivity contribution in [1.29, 1.82) is 0 Å². The van der Waals surface area contributed by atoms with E-state index in [1.165, 1.54) is 106 Å². The van der Waals surface area contributed by atoms with E-state index >= 15 is 0 Å². The van der Waals surface area contributed by atoms with Gasteiger partial charge in [0.05, 0.1) is 48.6 Å². The number of aromatic hydroxyl groups is 6. The second-order valence-electron chi connectivity index (χ2n) is 12.4. The maximum atomic E-state index is 10.7. The number of phenolic OH excluding ortho intramolecular Hbond substituents is 6. The number of nitrogens with zero attached hydrogens (tertiary/aromatic N) is 3. The van der Waals surface area contributed by atoms with E-state index in [4.69, 9.17) is 91.9 Å². The van der Waals surface area contributed by atoms with Crippen molar-refractivity contribution < 1.29 is 106 Å². The number of aliphatic hydroxyl groups excluding tert-OH is 3. The summed E-state index contributed by atoms with van der Waals surface area (Å²) in [7, 11) is 3.00. The smallest absolute Gasteiger partial charge is 0.759 e. The van der Waals surface area contributed by atoms with Gasteiger partial charge in [-0.1, -0.05) is 72.8 Å². The minimum atomic E-state index is -1.75. The van der Waals surface area contributed by atoms with Gasteiger partial charge in [-0.05, 0) is 72.8 Å². The summed E-state index contributed by atoms with van der Waals surface area (Å²) in [5.41, 5.74) is 6.97. The number of carbonyl (C=O) groups excluding carboxylic acids is 6. The Bertz CT molecular complexity index is 2400. The van der Waals surface area contributed by atoms with Crippen LogP contribution in [0.15, 0.2) is 146 Å². The summed E-state index contributed by atoms with van der Waals surface area (Å²) in [6, 6.07) is 35.0. The SMILES string of the molecule is CO.CO.CO.O.O.O.O=C(N[O-])c1ccccc1O.O=C(N[O-])c1ccccc1O.O=C(N[O-])c1ccccc1O.O=C(N[O-])c1ccccc1O.O=C(N[O-])c1ccccc1O.O=C(N[O-])c1ccccc1O.O=[N+]([O-])[O-].O=[N+]([O-])[O-].O=[N+]([O-])[O-].[Bi+3].[Bi+3].[Bi+3]. The fourth-order valence-electron chi connectivity index (χ4n) is 4.32. The molecule has 6 aromatic carbocycles. The molecule has 45 heteroatoms. The average Bonchev–Trinajstić information content (AvgIpc) is 3.55. The van der Waals surface area contributed by atoms with Gasteiger partial charge < -0.3 is 172 Å². The van der Waals surface area contributed by atoms with E-state index < -0.39 is 50.7 Å². The van der Waals surface area contributed by atoms with Gasteiger partial charge in [-0.15, -0.1) is 0 Å². The number of hydrogen-bond donors (Lipinski definition) is 15. The fourth-order valence-corrected chi connectivity index (χ4v) is 4.32. The van der Waals surface area contributed by atoms with E-state index in [1.54, 1.807) is 72.8 Å². The molecule has 0 unspecified atom stereocenters. The van der Waals surface area contributed by atoms with E-state index in [0.717, 1.165) is 21.3 Å². The van der Waals surface area contributed by atoms with Crippen LogP contribution in [0.1, 0.15) is 62.1 Å². The topological polar surface area (TPSA) is 788 Å².